The van der Waals surface area contributed by atoms with Crippen LogP contribution in [0.1, 0.15) is 60.3 Å². The van der Waals surface area contributed by atoms with Crippen molar-refractivity contribution in [2.45, 2.75) is 61.7 Å². The molecule has 5 N–H and O–H groups in total. The lowest BCUT2D eigenvalue weighted by Gasteiger charge is -2.36. The maximum Gasteiger partial charge on any atom is 0.224 e. The number of thioether (sulfide) groups is 1. The molecule has 0 radical (unpaired) electrons. The standard InChI is InChI=1S/C43H42N4O5S2/c44-35-10-3-4-11-36(35)46-41(50)15-7-14-40(49)45-25-32-8-1-2-9-34(32)29-20-22-31(23-21-29)42-51-33(24-38(52-42)30-18-16-28(26-48)17-19-30)27-53-43-47-37-12-5-6-13-39(37)54-43/h1-6,8-13,16-23,33,38,42,48H,7,14-15,24-27,44H2,(H,45,49)(H,46,50)/t33-,38+,42+/m1/s1. The average molecular weight is 759 g/mol. The van der Waals surface area contributed by atoms with Crippen LogP contribution in [0.4, 0.5) is 11.4 Å². The highest BCUT2D eigenvalue weighted by Crippen LogP contribution is 2.41. The van der Waals surface area contributed by atoms with E-state index in [0.717, 1.165) is 49.0 Å². The van der Waals surface area contributed by atoms with E-state index in [1.165, 1.54) is 4.70 Å². The van der Waals surface area contributed by atoms with Gasteiger partial charge >= 0.3 is 0 Å². The molecule has 9 nitrogen and oxygen atoms in total. The van der Waals surface area contributed by atoms with Gasteiger partial charge in [-0.3, -0.25) is 9.59 Å². The number of thiazole rings is 1. The van der Waals surface area contributed by atoms with Crippen LogP contribution >= 0.6 is 23.1 Å². The lowest BCUT2D eigenvalue weighted by Crippen LogP contribution is -2.31. The summed E-state index contributed by atoms with van der Waals surface area (Å²) in [6, 6.07) is 39.4. The summed E-state index contributed by atoms with van der Waals surface area (Å²) in [5.74, 6) is 0.442. The number of nitrogens with two attached hydrogens (primary N) is 1. The van der Waals surface area contributed by atoms with E-state index in [-0.39, 0.29) is 43.5 Å². The normalized spacial score (nSPS) is 16.9. The molecule has 0 unspecified atom stereocenters. The molecule has 5 aromatic carbocycles. The molecular formula is C43H42N4O5S2. The Kier molecular flexibility index (Phi) is 12.3. The fraction of sp³-hybridized carbons (Fsp3) is 0.233. The summed E-state index contributed by atoms with van der Waals surface area (Å²) < 4.78 is 15.4. The number of nitrogens with one attached hydrogen (secondary N) is 2. The van der Waals surface area contributed by atoms with Crippen LogP contribution in [-0.2, 0) is 32.2 Å². The number of aliphatic hydroxyl groups is 1. The minimum absolute atomic E-state index is 0.00692. The second-order valence-corrected chi connectivity index (χ2v) is 15.5. The van der Waals surface area contributed by atoms with E-state index in [9.17, 15) is 14.7 Å². The molecule has 0 bridgehead atoms. The number of anilines is 2. The predicted octanol–water partition coefficient (Wildman–Crippen LogP) is 8.80. The van der Waals surface area contributed by atoms with Crippen molar-refractivity contribution in [2.24, 2.45) is 0 Å². The van der Waals surface area contributed by atoms with Gasteiger partial charge in [-0.25, -0.2) is 4.98 Å². The Morgan fingerprint density at radius 3 is 2.35 bits per heavy atom. The van der Waals surface area contributed by atoms with Gasteiger partial charge in [-0.2, -0.15) is 0 Å². The molecule has 1 aromatic heterocycles. The number of nitrogens with zero attached hydrogens (tertiary/aromatic N) is 1. The Balaban J connectivity index is 0.981. The number of aromatic nitrogens is 1. The van der Waals surface area contributed by atoms with Crippen LogP contribution in [0.5, 0.6) is 0 Å². The fourth-order valence-corrected chi connectivity index (χ4v) is 8.50. The van der Waals surface area contributed by atoms with Crippen molar-refractivity contribution in [3.8, 4) is 11.1 Å². The maximum atomic E-state index is 12.7. The lowest BCUT2D eigenvalue weighted by atomic mass is 9.97. The van der Waals surface area contributed by atoms with Crippen LogP contribution in [0.15, 0.2) is 126 Å². The Morgan fingerprint density at radius 1 is 0.833 bits per heavy atom. The summed E-state index contributed by atoms with van der Waals surface area (Å²) in [6.07, 6.45) is 0.747. The molecule has 276 valence electrons. The first-order valence-electron chi connectivity index (χ1n) is 18.0. The second kappa shape index (κ2) is 17.9. The maximum absolute atomic E-state index is 12.7. The SMILES string of the molecule is Nc1ccccc1NC(=O)CCCC(=O)NCc1ccccc1-c1ccc([C@H]2O[C@@H](CSc3nc4ccccc4s3)C[C@@H](c3ccc(CO)cc3)O2)cc1. The summed E-state index contributed by atoms with van der Waals surface area (Å²) in [4.78, 5) is 29.9. The number of para-hydroxylation sites is 3. The molecule has 3 atom stereocenters. The Labute approximate surface area is 322 Å². The summed E-state index contributed by atoms with van der Waals surface area (Å²) in [5.41, 5.74) is 13.8. The van der Waals surface area contributed by atoms with Gasteiger partial charge < -0.3 is 30.9 Å². The number of fused-ring (bicyclic) bond motifs is 1. The first-order chi connectivity index (χ1) is 26.4. The summed E-state index contributed by atoms with van der Waals surface area (Å²) in [7, 11) is 0. The molecule has 0 saturated carbocycles. The van der Waals surface area contributed by atoms with E-state index in [0.29, 0.717) is 30.8 Å². The van der Waals surface area contributed by atoms with E-state index in [1.54, 1.807) is 35.2 Å². The van der Waals surface area contributed by atoms with Gasteiger partial charge in [0.15, 0.2) is 10.6 Å². The molecule has 0 aliphatic carbocycles. The van der Waals surface area contributed by atoms with Crippen LogP contribution < -0.4 is 16.4 Å². The Morgan fingerprint density at radius 2 is 1.56 bits per heavy atom. The summed E-state index contributed by atoms with van der Waals surface area (Å²) >= 11 is 3.40. The van der Waals surface area contributed by atoms with E-state index in [1.807, 2.05) is 91.0 Å². The van der Waals surface area contributed by atoms with Crippen LogP contribution in [-0.4, -0.2) is 33.8 Å². The highest BCUT2D eigenvalue weighted by atomic mass is 32.2. The molecule has 2 heterocycles. The zero-order valence-corrected chi connectivity index (χ0v) is 31.3. The monoisotopic (exact) mass is 758 g/mol. The van der Waals surface area contributed by atoms with Gasteiger partial charge in [0.1, 0.15) is 0 Å². The predicted molar refractivity (Wildman–Crippen MR) is 216 cm³/mol. The molecule has 7 rings (SSSR count). The number of rotatable bonds is 14. The van der Waals surface area contributed by atoms with E-state index < -0.39 is 6.29 Å². The molecule has 0 spiro atoms. The summed E-state index contributed by atoms with van der Waals surface area (Å²) in [6.45, 7) is 0.357. The molecule has 6 aromatic rings. The van der Waals surface area contributed by atoms with E-state index >= 15 is 0 Å². The van der Waals surface area contributed by atoms with Crippen molar-refractivity contribution in [3.63, 3.8) is 0 Å². The topological polar surface area (TPSA) is 136 Å². The van der Waals surface area contributed by atoms with Crippen LogP contribution in [0.3, 0.4) is 0 Å². The number of benzene rings is 5. The number of amides is 2. The van der Waals surface area contributed by atoms with E-state index in [2.05, 4.69) is 28.8 Å². The number of carbonyl (C=O) groups is 2. The van der Waals surface area contributed by atoms with Gasteiger partial charge in [-0.1, -0.05) is 109 Å². The van der Waals surface area contributed by atoms with Gasteiger partial charge in [0.05, 0.1) is 40.4 Å². The number of ether oxygens (including phenoxy) is 2. The number of hydrogen-bond acceptors (Lipinski definition) is 9. The van der Waals surface area contributed by atoms with Crippen LogP contribution in [0.2, 0.25) is 0 Å². The third kappa shape index (κ3) is 9.54. The smallest absolute Gasteiger partial charge is 0.224 e. The van der Waals surface area contributed by atoms with Gasteiger partial charge in [0.25, 0.3) is 0 Å². The highest BCUT2D eigenvalue weighted by molar-refractivity contribution is 8.01. The first-order valence-corrected chi connectivity index (χ1v) is 19.8. The average Bonchev–Trinajstić information content (AvgIpc) is 3.63. The Hall–Kier alpha value is -5.04. The highest BCUT2D eigenvalue weighted by Gasteiger charge is 2.32. The number of hydrogen-bond donors (Lipinski definition) is 4. The van der Waals surface area contributed by atoms with Crippen molar-refractivity contribution >= 4 is 56.5 Å². The molecule has 11 heteroatoms. The minimum atomic E-state index is -0.571. The molecule has 2 amide bonds. The van der Waals surface area contributed by atoms with Gasteiger partial charge in [-0.15, -0.1) is 11.3 Å². The largest absolute Gasteiger partial charge is 0.397 e. The van der Waals surface area contributed by atoms with Crippen molar-refractivity contribution in [1.82, 2.24) is 10.3 Å². The minimum Gasteiger partial charge on any atom is -0.397 e. The zero-order valence-electron chi connectivity index (χ0n) is 29.7. The molecule has 1 aliphatic rings. The zero-order chi connectivity index (χ0) is 37.3. The molecule has 1 saturated heterocycles. The summed E-state index contributed by atoms with van der Waals surface area (Å²) in [5, 5.41) is 15.4. The molecular weight excluding hydrogens is 717 g/mol. The molecule has 1 aliphatic heterocycles. The van der Waals surface area contributed by atoms with Crippen molar-refractivity contribution in [3.05, 3.63) is 144 Å². The molecule has 54 heavy (non-hydrogen) atoms. The van der Waals surface area contributed by atoms with Crippen molar-refractivity contribution in [1.29, 1.82) is 0 Å². The van der Waals surface area contributed by atoms with Crippen LogP contribution in [0.25, 0.3) is 21.3 Å². The number of carbonyl (C=O) groups excluding carboxylic acids is 2. The second-order valence-electron chi connectivity index (χ2n) is 13.2. The van der Waals surface area contributed by atoms with E-state index in [4.69, 9.17) is 20.2 Å². The number of aliphatic hydroxyl groups excluding tert-OH is 1. The van der Waals surface area contributed by atoms with Gasteiger partial charge in [0.2, 0.25) is 11.8 Å². The van der Waals surface area contributed by atoms with Crippen molar-refractivity contribution in [2.75, 3.05) is 16.8 Å². The molecule has 1 fully saturated rings. The van der Waals surface area contributed by atoms with Gasteiger partial charge in [0, 0.05) is 37.1 Å². The Bertz CT molecular complexity index is 2160. The third-order valence-corrected chi connectivity index (χ3v) is 11.6. The van der Waals surface area contributed by atoms with Crippen molar-refractivity contribution < 1.29 is 24.2 Å². The number of nitrogen functional groups attached to an aromatic ring is 1. The van der Waals surface area contributed by atoms with Gasteiger partial charge in [-0.05, 0) is 58.5 Å². The fourth-order valence-electron chi connectivity index (χ4n) is 6.39. The van der Waals surface area contributed by atoms with Crippen LogP contribution in [0, 0.1) is 0 Å². The lowest BCUT2D eigenvalue weighted by molar-refractivity contribution is -0.245. The quantitative estimate of drug-likeness (QED) is 0.0640. The first kappa shape index (κ1) is 37.3. The third-order valence-electron chi connectivity index (χ3n) is 9.31.